The van der Waals surface area contributed by atoms with Crippen LogP contribution in [-0.2, 0) is 6.54 Å². The van der Waals surface area contributed by atoms with Crippen LogP contribution in [0.5, 0.6) is 0 Å². The molecule has 2 rings (SSSR count). The zero-order valence-corrected chi connectivity index (χ0v) is 11.4. The summed E-state index contributed by atoms with van der Waals surface area (Å²) in [6, 6.07) is 6.43. The highest BCUT2D eigenvalue weighted by Gasteiger charge is 2.10. The molecule has 96 valence electrons. The summed E-state index contributed by atoms with van der Waals surface area (Å²) in [7, 11) is 0. The molecule has 0 spiro atoms. The average Bonchev–Trinajstić information content (AvgIpc) is 2.67. The topological polar surface area (TPSA) is 43.8 Å². The van der Waals surface area contributed by atoms with E-state index in [-0.39, 0.29) is 0 Å². The van der Waals surface area contributed by atoms with Gasteiger partial charge < -0.3 is 10.3 Å². The van der Waals surface area contributed by atoms with Gasteiger partial charge in [0.05, 0.1) is 6.33 Å². The van der Waals surface area contributed by atoms with Crippen LogP contribution in [0.15, 0.2) is 24.5 Å². The average molecular weight is 243 g/mol. The third-order valence-corrected chi connectivity index (χ3v) is 3.13. The molecule has 0 bridgehead atoms. The van der Waals surface area contributed by atoms with Gasteiger partial charge in [-0.1, -0.05) is 30.5 Å². The second-order valence-corrected chi connectivity index (χ2v) is 4.90. The first-order chi connectivity index (χ1) is 8.61. The first-order valence-electron chi connectivity index (χ1n) is 6.51. The molecule has 0 aliphatic carbocycles. The number of unbranched alkanes of at least 4 members (excludes halogenated alkanes) is 1. The van der Waals surface area contributed by atoms with Crippen LogP contribution in [0.1, 0.15) is 30.9 Å². The van der Waals surface area contributed by atoms with Crippen LogP contribution >= 0.6 is 0 Å². The van der Waals surface area contributed by atoms with Crippen molar-refractivity contribution in [2.75, 3.05) is 5.73 Å². The van der Waals surface area contributed by atoms with Crippen LogP contribution in [-0.4, -0.2) is 9.55 Å². The SMILES string of the molecule is CCCCn1cnc(-c2cc(C)cc(C)c2)c1N. The van der Waals surface area contributed by atoms with E-state index < -0.39 is 0 Å². The van der Waals surface area contributed by atoms with Gasteiger partial charge >= 0.3 is 0 Å². The highest BCUT2D eigenvalue weighted by atomic mass is 15.1. The van der Waals surface area contributed by atoms with Crippen molar-refractivity contribution in [1.82, 2.24) is 9.55 Å². The van der Waals surface area contributed by atoms with Crippen LogP contribution in [0.4, 0.5) is 5.82 Å². The maximum atomic E-state index is 6.18. The molecule has 2 N–H and O–H groups in total. The predicted molar refractivity (Wildman–Crippen MR) is 76.5 cm³/mol. The maximum absolute atomic E-state index is 6.18. The number of aryl methyl sites for hydroxylation is 3. The first-order valence-corrected chi connectivity index (χ1v) is 6.51. The lowest BCUT2D eigenvalue weighted by Gasteiger charge is -2.06. The number of nitrogen functional groups attached to an aromatic ring is 1. The van der Waals surface area contributed by atoms with E-state index in [2.05, 4.69) is 44.0 Å². The Balaban J connectivity index is 2.36. The molecule has 1 heterocycles. The summed E-state index contributed by atoms with van der Waals surface area (Å²) in [6.07, 6.45) is 4.14. The van der Waals surface area contributed by atoms with Gasteiger partial charge in [0.2, 0.25) is 0 Å². The molecule has 0 saturated carbocycles. The fourth-order valence-electron chi connectivity index (χ4n) is 2.23. The van der Waals surface area contributed by atoms with Crippen LogP contribution < -0.4 is 5.73 Å². The molecule has 18 heavy (non-hydrogen) atoms. The quantitative estimate of drug-likeness (QED) is 0.892. The Morgan fingerprint density at radius 3 is 2.44 bits per heavy atom. The summed E-state index contributed by atoms with van der Waals surface area (Å²) >= 11 is 0. The Morgan fingerprint density at radius 2 is 1.83 bits per heavy atom. The largest absolute Gasteiger partial charge is 0.383 e. The minimum absolute atomic E-state index is 0.772. The molecule has 1 aromatic carbocycles. The third-order valence-electron chi connectivity index (χ3n) is 3.13. The van der Waals surface area contributed by atoms with E-state index in [0.717, 1.165) is 36.5 Å². The van der Waals surface area contributed by atoms with Gasteiger partial charge in [-0.05, 0) is 32.4 Å². The Bertz CT molecular complexity index is 520. The summed E-state index contributed by atoms with van der Waals surface area (Å²) in [4.78, 5) is 4.46. The third kappa shape index (κ3) is 2.55. The molecule has 0 atom stereocenters. The van der Waals surface area contributed by atoms with Gasteiger partial charge in [0.25, 0.3) is 0 Å². The van der Waals surface area contributed by atoms with Crippen molar-refractivity contribution >= 4 is 5.82 Å². The number of benzene rings is 1. The van der Waals surface area contributed by atoms with E-state index in [1.165, 1.54) is 11.1 Å². The Labute approximate surface area is 109 Å². The maximum Gasteiger partial charge on any atom is 0.131 e. The van der Waals surface area contributed by atoms with Crippen molar-refractivity contribution < 1.29 is 0 Å². The van der Waals surface area contributed by atoms with Gasteiger partial charge in [-0.25, -0.2) is 4.98 Å². The fourth-order valence-corrected chi connectivity index (χ4v) is 2.23. The monoisotopic (exact) mass is 243 g/mol. The fraction of sp³-hybridized carbons (Fsp3) is 0.400. The molecule has 0 aliphatic heterocycles. The second kappa shape index (κ2) is 5.25. The highest BCUT2D eigenvalue weighted by Crippen LogP contribution is 2.26. The molecule has 1 aromatic heterocycles. The Morgan fingerprint density at radius 1 is 1.17 bits per heavy atom. The first kappa shape index (κ1) is 12.7. The zero-order valence-electron chi connectivity index (χ0n) is 11.4. The van der Waals surface area contributed by atoms with Crippen LogP contribution in [0, 0.1) is 13.8 Å². The van der Waals surface area contributed by atoms with E-state index in [1.807, 2.05) is 10.9 Å². The zero-order chi connectivity index (χ0) is 13.1. The molecular weight excluding hydrogens is 222 g/mol. The number of aromatic nitrogens is 2. The van der Waals surface area contributed by atoms with E-state index in [4.69, 9.17) is 5.73 Å². The molecule has 2 aromatic rings. The van der Waals surface area contributed by atoms with Crippen molar-refractivity contribution in [2.24, 2.45) is 0 Å². The second-order valence-electron chi connectivity index (χ2n) is 4.90. The number of nitrogens with zero attached hydrogens (tertiary/aromatic N) is 2. The summed E-state index contributed by atoms with van der Waals surface area (Å²) < 4.78 is 2.04. The van der Waals surface area contributed by atoms with Crippen molar-refractivity contribution in [1.29, 1.82) is 0 Å². The number of nitrogens with two attached hydrogens (primary N) is 1. The van der Waals surface area contributed by atoms with Gasteiger partial charge in [0, 0.05) is 12.1 Å². The molecule has 0 saturated heterocycles. The Hall–Kier alpha value is -1.77. The van der Waals surface area contributed by atoms with E-state index in [1.54, 1.807) is 0 Å². The standard InChI is InChI=1S/C15H21N3/c1-4-5-6-18-10-17-14(15(18)16)13-8-11(2)7-12(3)9-13/h7-10H,4-6,16H2,1-3H3. The normalized spacial score (nSPS) is 10.8. The van der Waals surface area contributed by atoms with E-state index >= 15 is 0 Å². The van der Waals surface area contributed by atoms with Gasteiger partial charge in [0.1, 0.15) is 11.5 Å². The lowest BCUT2D eigenvalue weighted by atomic mass is 10.1. The minimum Gasteiger partial charge on any atom is -0.383 e. The molecule has 0 unspecified atom stereocenters. The van der Waals surface area contributed by atoms with E-state index in [0.29, 0.717) is 0 Å². The Kier molecular flexibility index (Phi) is 3.70. The number of anilines is 1. The molecule has 0 amide bonds. The summed E-state index contributed by atoms with van der Waals surface area (Å²) in [5, 5.41) is 0. The van der Waals surface area contributed by atoms with Gasteiger partial charge in [-0.2, -0.15) is 0 Å². The van der Waals surface area contributed by atoms with Crippen molar-refractivity contribution in [2.45, 2.75) is 40.2 Å². The summed E-state index contributed by atoms with van der Waals surface area (Å²) in [6.45, 7) is 7.32. The number of hydrogen-bond donors (Lipinski definition) is 1. The molecule has 3 heteroatoms. The predicted octanol–water partition coefficient (Wildman–Crippen LogP) is 3.55. The number of rotatable bonds is 4. The molecule has 3 nitrogen and oxygen atoms in total. The van der Waals surface area contributed by atoms with Crippen LogP contribution in [0.25, 0.3) is 11.3 Å². The molecule has 0 fully saturated rings. The molecular formula is C15H21N3. The molecule has 0 aliphatic rings. The van der Waals surface area contributed by atoms with Crippen LogP contribution in [0.3, 0.4) is 0 Å². The minimum atomic E-state index is 0.772. The lowest BCUT2D eigenvalue weighted by Crippen LogP contribution is -2.02. The summed E-state index contributed by atoms with van der Waals surface area (Å²) in [5.74, 6) is 0.772. The molecule has 0 radical (unpaired) electrons. The van der Waals surface area contributed by atoms with Gasteiger partial charge in [-0.15, -0.1) is 0 Å². The number of imidazole rings is 1. The van der Waals surface area contributed by atoms with E-state index in [9.17, 15) is 0 Å². The van der Waals surface area contributed by atoms with Gasteiger partial charge in [0.15, 0.2) is 0 Å². The summed E-state index contributed by atoms with van der Waals surface area (Å²) in [5.41, 5.74) is 10.7. The lowest BCUT2D eigenvalue weighted by molar-refractivity contribution is 0.637. The van der Waals surface area contributed by atoms with Crippen molar-refractivity contribution in [3.05, 3.63) is 35.7 Å². The van der Waals surface area contributed by atoms with Crippen molar-refractivity contribution in [3.63, 3.8) is 0 Å². The smallest absolute Gasteiger partial charge is 0.131 e. The van der Waals surface area contributed by atoms with Crippen molar-refractivity contribution in [3.8, 4) is 11.3 Å². The number of hydrogen-bond acceptors (Lipinski definition) is 2. The van der Waals surface area contributed by atoms with Crippen LogP contribution in [0.2, 0.25) is 0 Å². The highest BCUT2D eigenvalue weighted by molar-refractivity contribution is 5.71. The van der Waals surface area contributed by atoms with Gasteiger partial charge in [-0.3, -0.25) is 0 Å².